The van der Waals surface area contributed by atoms with Gasteiger partial charge in [0.25, 0.3) is 0 Å². The van der Waals surface area contributed by atoms with E-state index >= 15 is 0 Å². The van der Waals surface area contributed by atoms with Gasteiger partial charge in [-0.2, -0.15) is 0 Å². The molecule has 2 rings (SSSR count). The summed E-state index contributed by atoms with van der Waals surface area (Å²) in [5, 5.41) is 11.4. The van der Waals surface area contributed by atoms with Crippen LogP contribution in [0.3, 0.4) is 0 Å². The van der Waals surface area contributed by atoms with Crippen LogP contribution in [0.2, 0.25) is 0 Å². The van der Waals surface area contributed by atoms with Crippen molar-refractivity contribution in [2.75, 3.05) is 11.9 Å². The van der Waals surface area contributed by atoms with Crippen LogP contribution in [0.15, 0.2) is 18.5 Å². The molecule has 0 aliphatic heterocycles. The van der Waals surface area contributed by atoms with Gasteiger partial charge in [-0.15, -0.1) is 10.2 Å². The first-order valence-corrected chi connectivity index (χ1v) is 5.82. The molecule has 5 heteroatoms. The minimum absolute atomic E-state index is 0.373. The number of rotatable bonds is 3. The summed E-state index contributed by atoms with van der Waals surface area (Å²) in [6.07, 6.45) is 2.76. The van der Waals surface area contributed by atoms with E-state index in [9.17, 15) is 4.39 Å². The minimum Gasteiger partial charge on any atom is -0.369 e. The van der Waals surface area contributed by atoms with Crippen LogP contribution < -0.4 is 5.32 Å². The largest absolute Gasteiger partial charge is 0.369 e. The first-order valence-electron chi connectivity index (χ1n) is 5.82. The molecule has 0 atom stereocenters. The third-order valence-corrected chi connectivity index (χ3v) is 2.85. The second kappa shape index (κ2) is 5.08. The van der Waals surface area contributed by atoms with Gasteiger partial charge < -0.3 is 5.32 Å². The molecule has 1 N–H and O–H groups in total. The van der Waals surface area contributed by atoms with Gasteiger partial charge in [0.1, 0.15) is 5.82 Å². The smallest absolute Gasteiger partial charge is 0.151 e. The summed E-state index contributed by atoms with van der Waals surface area (Å²) in [6, 6.07) is 1.41. The van der Waals surface area contributed by atoms with E-state index in [1.54, 1.807) is 6.20 Å². The number of pyridine rings is 1. The predicted octanol–water partition coefficient (Wildman–Crippen LogP) is 2.73. The Balaban J connectivity index is 2.50. The third kappa shape index (κ3) is 2.30. The highest BCUT2D eigenvalue weighted by atomic mass is 19.1. The monoisotopic (exact) mass is 246 g/mol. The maximum Gasteiger partial charge on any atom is 0.151 e. The van der Waals surface area contributed by atoms with Crippen LogP contribution in [0.4, 0.5) is 10.2 Å². The van der Waals surface area contributed by atoms with E-state index in [2.05, 4.69) is 20.5 Å². The Morgan fingerprint density at radius 3 is 2.61 bits per heavy atom. The molecular formula is C13H15FN4. The van der Waals surface area contributed by atoms with Crippen LogP contribution in [0.5, 0.6) is 0 Å². The number of aromatic nitrogens is 3. The van der Waals surface area contributed by atoms with Gasteiger partial charge in [0.2, 0.25) is 0 Å². The highest BCUT2D eigenvalue weighted by molar-refractivity contribution is 5.65. The molecule has 94 valence electrons. The summed E-state index contributed by atoms with van der Waals surface area (Å²) in [4.78, 5) is 3.83. The molecule has 0 radical (unpaired) electrons. The summed E-state index contributed by atoms with van der Waals surface area (Å²) in [6.45, 7) is 6.71. The van der Waals surface area contributed by atoms with Crippen molar-refractivity contribution in [2.24, 2.45) is 0 Å². The molecule has 0 bridgehead atoms. The zero-order chi connectivity index (χ0) is 13.1. The molecule has 0 aromatic carbocycles. The van der Waals surface area contributed by atoms with Crippen LogP contribution in [-0.2, 0) is 0 Å². The third-order valence-electron chi connectivity index (χ3n) is 2.85. The van der Waals surface area contributed by atoms with Crippen molar-refractivity contribution in [3.63, 3.8) is 0 Å². The Kier molecular flexibility index (Phi) is 3.50. The fraction of sp³-hybridized carbons (Fsp3) is 0.308. The van der Waals surface area contributed by atoms with E-state index in [1.165, 1.54) is 12.3 Å². The number of hydrogen-bond donors (Lipinski definition) is 1. The van der Waals surface area contributed by atoms with Crippen molar-refractivity contribution >= 4 is 5.82 Å². The maximum atomic E-state index is 13.2. The van der Waals surface area contributed by atoms with E-state index in [0.29, 0.717) is 11.3 Å². The summed E-state index contributed by atoms with van der Waals surface area (Å²) in [5.74, 6) is 0.394. The molecule has 0 saturated carbocycles. The Bertz CT molecular complexity index is 569. The molecule has 18 heavy (non-hydrogen) atoms. The van der Waals surface area contributed by atoms with Crippen molar-refractivity contribution in [2.45, 2.75) is 20.8 Å². The maximum absolute atomic E-state index is 13.2. The quantitative estimate of drug-likeness (QED) is 0.904. The Labute approximate surface area is 105 Å². The molecule has 0 unspecified atom stereocenters. The summed E-state index contributed by atoms with van der Waals surface area (Å²) < 4.78 is 13.2. The second-order valence-electron chi connectivity index (χ2n) is 4.07. The Morgan fingerprint density at radius 1 is 1.17 bits per heavy atom. The van der Waals surface area contributed by atoms with Crippen LogP contribution in [0.25, 0.3) is 11.3 Å². The van der Waals surface area contributed by atoms with Gasteiger partial charge in [0.15, 0.2) is 5.82 Å². The van der Waals surface area contributed by atoms with E-state index in [-0.39, 0.29) is 5.82 Å². The van der Waals surface area contributed by atoms with E-state index < -0.39 is 0 Å². The molecule has 0 amide bonds. The summed E-state index contributed by atoms with van der Waals surface area (Å²) in [7, 11) is 0. The standard InChI is InChI=1S/C13H15FN4/c1-4-16-13-9(3)8(2)12(17-18-13)10-5-11(14)7-15-6-10/h5-7H,4H2,1-3H3,(H,16,18). The predicted molar refractivity (Wildman–Crippen MR) is 68.9 cm³/mol. The van der Waals surface area contributed by atoms with E-state index in [4.69, 9.17) is 0 Å². The van der Waals surface area contributed by atoms with Crippen LogP contribution in [0, 0.1) is 19.7 Å². The van der Waals surface area contributed by atoms with Gasteiger partial charge >= 0.3 is 0 Å². The molecule has 2 aromatic heterocycles. The van der Waals surface area contributed by atoms with E-state index in [0.717, 1.165) is 23.5 Å². The molecule has 0 aliphatic carbocycles. The van der Waals surface area contributed by atoms with E-state index in [1.807, 2.05) is 20.8 Å². The van der Waals surface area contributed by atoms with Crippen LogP contribution in [-0.4, -0.2) is 21.7 Å². The van der Waals surface area contributed by atoms with Gasteiger partial charge in [0.05, 0.1) is 11.9 Å². The first kappa shape index (κ1) is 12.4. The Hall–Kier alpha value is -2.04. The van der Waals surface area contributed by atoms with Gasteiger partial charge in [-0.25, -0.2) is 4.39 Å². The van der Waals surface area contributed by atoms with Crippen molar-refractivity contribution in [3.05, 3.63) is 35.4 Å². The van der Waals surface area contributed by atoms with Crippen LogP contribution >= 0.6 is 0 Å². The Morgan fingerprint density at radius 2 is 1.94 bits per heavy atom. The average molecular weight is 246 g/mol. The van der Waals surface area contributed by atoms with Crippen molar-refractivity contribution in [1.82, 2.24) is 15.2 Å². The molecular weight excluding hydrogens is 231 g/mol. The molecule has 0 fully saturated rings. The van der Waals surface area contributed by atoms with Gasteiger partial charge in [-0.1, -0.05) is 0 Å². The topological polar surface area (TPSA) is 50.7 Å². The number of halogens is 1. The highest BCUT2D eigenvalue weighted by Gasteiger charge is 2.11. The van der Waals surface area contributed by atoms with Crippen LogP contribution in [0.1, 0.15) is 18.1 Å². The van der Waals surface area contributed by atoms with Crippen molar-refractivity contribution in [1.29, 1.82) is 0 Å². The normalized spacial score (nSPS) is 10.4. The van der Waals surface area contributed by atoms with Gasteiger partial charge in [-0.3, -0.25) is 4.98 Å². The average Bonchev–Trinajstić information content (AvgIpc) is 2.35. The number of nitrogens with one attached hydrogen (secondary N) is 1. The molecule has 2 aromatic rings. The SMILES string of the molecule is CCNc1nnc(-c2cncc(F)c2)c(C)c1C. The molecule has 0 saturated heterocycles. The minimum atomic E-state index is -0.373. The summed E-state index contributed by atoms with van der Waals surface area (Å²) >= 11 is 0. The number of nitrogens with zero attached hydrogens (tertiary/aromatic N) is 3. The second-order valence-corrected chi connectivity index (χ2v) is 4.07. The molecule has 0 spiro atoms. The lowest BCUT2D eigenvalue weighted by Gasteiger charge is -2.11. The fourth-order valence-electron chi connectivity index (χ4n) is 1.76. The van der Waals surface area contributed by atoms with Gasteiger partial charge in [-0.05, 0) is 38.0 Å². The lowest BCUT2D eigenvalue weighted by Crippen LogP contribution is -2.06. The first-order chi connectivity index (χ1) is 8.63. The lowest BCUT2D eigenvalue weighted by atomic mass is 10.1. The lowest BCUT2D eigenvalue weighted by molar-refractivity contribution is 0.622. The zero-order valence-corrected chi connectivity index (χ0v) is 10.7. The van der Waals surface area contributed by atoms with Crippen molar-refractivity contribution < 1.29 is 4.39 Å². The molecule has 2 heterocycles. The highest BCUT2D eigenvalue weighted by Crippen LogP contribution is 2.25. The zero-order valence-electron chi connectivity index (χ0n) is 10.7. The number of anilines is 1. The number of hydrogen-bond acceptors (Lipinski definition) is 4. The summed E-state index contributed by atoms with van der Waals surface area (Å²) in [5.41, 5.74) is 3.31. The van der Waals surface area contributed by atoms with Crippen molar-refractivity contribution in [3.8, 4) is 11.3 Å². The van der Waals surface area contributed by atoms with Gasteiger partial charge in [0, 0.05) is 18.3 Å². The molecule has 4 nitrogen and oxygen atoms in total. The fourth-order valence-corrected chi connectivity index (χ4v) is 1.76. The molecule has 0 aliphatic rings.